The van der Waals surface area contributed by atoms with Crippen LogP contribution in [0.1, 0.15) is 11.1 Å². The maximum absolute atomic E-state index is 12.0. The molecule has 0 unspecified atom stereocenters. The molecule has 1 aromatic heterocycles. The van der Waals surface area contributed by atoms with Crippen molar-refractivity contribution in [2.75, 3.05) is 7.05 Å². The first kappa shape index (κ1) is 16.5. The fourth-order valence-corrected chi connectivity index (χ4v) is 3.56. The summed E-state index contributed by atoms with van der Waals surface area (Å²) < 4.78 is 28.1. The number of sulfonamides is 1. The Kier molecular flexibility index (Phi) is 3.85. The van der Waals surface area contributed by atoms with Crippen LogP contribution in [0.4, 0.5) is 0 Å². The van der Waals surface area contributed by atoms with Crippen LogP contribution in [0.5, 0.6) is 5.75 Å². The maximum Gasteiger partial charge on any atom is 0.240 e. The molecule has 24 heavy (non-hydrogen) atoms. The van der Waals surface area contributed by atoms with Crippen LogP contribution in [-0.4, -0.2) is 30.1 Å². The largest absolute Gasteiger partial charge is 0.507 e. The summed E-state index contributed by atoms with van der Waals surface area (Å²) in [6.07, 6.45) is 0. The molecule has 126 valence electrons. The Balaban J connectivity index is 2.22. The minimum Gasteiger partial charge on any atom is -0.507 e. The molecule has 0 amide bonds. The van der Waals surface area contributed by atoms with Crippen LogP contribution in [0.25, 0.3) is 22.4 Å². The maximum atomic E-state index is 12.0. The number of rotatable bonds is 3. The van der Waals surface area contributed by atoms with Crippen molar-refractivity contribution in [2.45, 2.75) is 18.7 Å². The van der Waals surface area contributed by atoms with Gasteiger partial charge in [-0.2, -0.15) is 0 Å². The van der Waals surface area contributed by atoms with E-state index in [0.717, 1.165) is 28.0 Å². The van der Waals surface area contributed by atoms with Crippen molar-refractivity contribution in [3.63, 3.8) is 0 Å². The summed E-state index contributed by atoms with van der Waals surface area (Å²) in [5, 5.41) is 9.94. The molecule has 7 heteroatoms. The molecular formula is C17H19N3O3S. The highest BCUT2D eigenvalue weighted by Crippen LogP contribution is 2.30. The Bertz CT molecular complexity index is 1030. The Morgan fingerprint density at radius 2 is 1.75 bits per heavy atom. The van der Waals surface area contributed by atoms with Crippen molar-refractivity contribution in [2.24, 2.45) is 7.05 Å². The van der Waals surface area contributed by atoms with Gasteiger partial charge in [0.2, 0.25) is 10.0 Å². The summed E-state index contributed by atoms with van der Waals surface area (Å²) in [5.74, 6) is 0.995. The van der Waals surface area contributed by atoms with Gasteiger partial charge in [-0.15, -0.1) is 0 Å². The number of aromatic hydroxyl groups is 1. The number of imidazole rings is 1. The summed E-state index contributed by atoms with van der Waals surface area (Å²) in [4.78, 5) is 4.77. The Morgan fingerprint density at radius 3 is 2.33 bits per heavy atom. The summed E-state index contributed by atoms with van der Waals surface area (Å²) in [6, 6.07) is 8.61. The minimum absolute atomic E-state index is 0.181. The smallest absolute Gasteiger partial charge is 0.240 e. The lowest BCUT2D eigenvalue weighted by Crippen LogP contribution is -2.18. The van der Waals surface area contributed by atoms with E-state index in [9.17, 15) is 13.5 Å². The fourth-order valence-electron chi connectivity index (χ4n) is 2.81. The molecule has 0 saturated carbocycles. The molecular weight excluding hydrogens is 326 g/mol. The first-order valence-corrected chi connectivity index (χ1v) is 8.93. The zero-order valence-corrected chi connectivity index (χ0v) is 14.8. The average molecular weight is 345 g/mol. The quantitative estimate of drug-likeness (QED) is 0.764. The third-order valence-corrected chi connectivity index (χ3v) is 5.59. The molecule has 3 aromatic rings. The van der Waals surface area contributed by atoms with Gasteiger partial charge in [0, 0.05) is 12.6 Å². The molecule has 0 saturated heterocycles. The predicted molar refractivity (Wildman–Crippen MR) is 93.5 cm³/mol. The zero-order valence-electron chi connectivity index (χ0n) is 14.0. The summed E-state index contributed by atoms with van der Waals surface area (Å²) in [5.41, 5.74) is 3.86. The van der Waals surface area contributed by atoms with Crippen molar-refractivity contribution in [3.8, 4) is 17.1 Å². The van der Waals surface area contributed by atoms with E-state index in [0.29, 0.717) is 5.52 Å². The van der Waals surface area contributed by atoms with Crippen LogP contribution in [0.2, 0.25) is 0 Å². The lowest BCUT2D eigenvalue weighted by atomic mass is 10.1. The number of nitrogens with one attached hydrogen (secondary N) is 1. The van der Waals surface area contributed by atoms with Crippen molar-refractivity contribution in [3.05, 3.63) is 41.5 Å². The van der Waals surface area contributed by atoms with Gasteiger partial charge in [0.25, 0.3) is 0 Å². The first-order valence-electron chi connectivity index (χ1n) is 7.45. The van der Waals surface area contributed by atoms with Crippen LogP contribution in [0.15, 0.2) is 35.2 Å². The molecule has 0 fully saturated rings. The van der Waals surface area contributed by atoms with E-state index in [2.05, 4.69) is 9.71 Å². The van der Waals surface area contributed by atoms with E-state index in [1.807, 2.05) is 37.6 Å². The summed E-state index contributed by atoms with van der Waals surface area (Å²) >= 11 is 0. The molecule has 2 N–H and O–H groups in total. The van der Waals surface area contributed by atoms with E-state index in [-0.39, 0.29) is 10.6 Å². The highest BCUT2D eigenvalue weighted by atomic mass is 32.2. The van der Waals surface area contributed by atoms with Gasteiger partial charge in [0.05, 0.1) is 15.9 Å². The van der Waals surface area contributed by atoms with E-state index in [1.54, 1.807) is 18.2 Å². The highest BCUT2D eigenvalue weighted by molar-refractivity contribution is 7.89. The lowest BCUT2D eigenvalue weighted by Gasteiger charge is -2.08. The second-order valence-electron chi connectivity index (χ2n) is 5.81. The normalized spacial score (nSPS) is 12.0. The van der Waals surface area contributed by atoms with Gasteiger partial charge in [-0.05, 0) is 62.4 Å². The number of hydrogen-bond acceptors (Lipinski definition) is 4. The predicted octanol–water partition coefficient (Wildman–Crippen LogP) is 2.47. The average Bonchev–Trinajstić information content (AvgIpc) is 2.88. The third-order valence-electron chi connectivity index (χ3n) is 4.18. The topological polar surface area (TPSA) is 84.2 Å². The minimum atomic E-state index is -3.51. The SMILES string of the molecule is CNS(=O)(=O)c1ccc2c(c1)nc(-c1cc(C)c(O)c(C)c1)n2C. The Hall–Kier alpha value is -2.38. The van der Waals surface area contributed by atoms with E-state index in [1.165, 1.54) is 7.05 Å². The zero-order chi connectivity index (χ0) is 17.6. The van der Waals surface area contributed by atoms with Crippen LogP contribution < -0.4 is 4.72 Å². The van der Waals surface area contributed by atoms with E-state index >= 15 is 0 Å². The molecule has 3 rings (SSSR count). The molecule has 0 aliphatic heterocycles. The molecule has 0 radical (unpaired) electrons. The van der Waals surface area contributed by atoms with Gasteiger partial charge in [-0.3, -0.25) is 0 Å². The summed E-state index contributed by atoms with van der Waals surface area (Å²) in [6.45, 7) is 3.68. The second kappa shape index (κ2) is 5.61. The molecule has 0 bridgehead atoms. The molecule has 6 nitrogen and oxygen atoms in total. The number of hydrogen-bond donors (Lipinski definition) is 2. The van der Waals surface area contributed by atoms with E-state index in [4.69, 9.17) is 0 Å². The molecule has 0 aliphatic carbocycles. The molecule has 0 atom stereocenters. The van der Waals surface area contributed by atoms with Crippen molar-refractivity contribution >= 4 is 21.1 Å². The molecule has 1 heterocycles. The van der Waals surface area contributed by atoms with Gasteiger partial charge in [0.15, 0.2) is 0 Å². The molecule has 0 spiro atoms. The number of aromatic nitrogens is 2. The Morgan fingerprint density at radius 1 is 1.12 bits per heavy atom. The van der Waals surface area contributed by atoms with Gasteiger partial charge in [0.1, 0.15) is 11.6 Å². The monoisotopic (exact) mass is 345 g/mol. The highest BCUT2D eigenvalue weighted by Gasteiger charge is 2.16. The third kappa shape index (κ3) is 2.55. The number of aryl methyl sites for hydroxylation is 3. The number of phenols is 1. The number of benzene rings is 2. The van der Waals surface area contributed by atoms with Crippen LogP contribution in [-0.2, 0) is 17.1 Å². The first-order chi connectivity index (χ1) is 11.2. The lowest BCUT2D eigenvalue weighted by molar-refractivity contribution is 0.467. The van der Waals surface area contributed by atoms with Gasteiger partial charge >= 0.3 is 0 Å². The number of nitrogens with zero attached hydrogens (tertiary/aromatic N) is 2. The summed E-state index contributed by atoms with van der Waals surface area (Å²) in [7, 11) is -0.246. The van der Waals surface area contributed by atoms with Gasteiger partial charge in [-0.25, -0.2) is 18.1 Å². The van der Waals surface area contributed by atoms with Crippen LogP contribution in [0.3, 0.4) is 0 Å². The van der Waals surface area contributed by atoms with Crippen LogP contribution in [0, 0.1) is 13.8 Å². The van der Waals surface area contributed by atoms with Gasteiger partial charge in [-0.1, -0.05) is 0 Å². The van der Waals surface area contributed by atoms with Crippen molar-refractivity contribution in [1.82, 2.24) is 14.3 Å². The van der Waals surface area contributed by atoms with E-state index < -0.39 is 10.0 Å². The van der Waals surface area contributed by atoms with Gasteiger partial charge < -0.3 is 9.67 Å². The van der Waals surface area contributed by atoms with Crippen LogP contribution >= 0.6 is 0 Å². The number of fused-ring (bicyclic) bond motifs is 1. The standard InChI is InChI=1S/C17H19N3O3S/c1-10-7-12(8-11(2)16(10)21)17-19-14-9-13(24(22,23)18-3)5-6-15(14)20(17)4/h5-9,18,21H,1-4H3. The second-order valence-corrected chi connectivity index (χ2v) is 7.70. The van der Waals surface area contributed by atoms with Crippen molar-refractivity contribution in [1.29, 1.82) is 0 Å². The van der Waals surface area contributed by atoms with Crippen molar-refractivity contribution < 1.29 is 13.5 Å². The molecule has 0 aliphatic rings. The molecule has 2 aromatic carbocycles. The number of phenolic OH excluding ortho intramolecular Hbond substituents is 1. The Labute approximate surface area is 140 Å². The fraction of sp³-hybridized carbons (Fsp3) is 0.235.